The first-order valence-corrected chi connectivity index (χ1v) is 10.1. The first-order chi connectivity index (χ1) is 12.1. The van der Waals surface area contributed by atoms with Crippen molar-refractivity contribution in [3.05, 3.63) is 25.3 Å². The molecule has 0 N–H and O–H groups in total. The Balaban J connectivity index is 4.50. The molecular weight excluding hydrogens is 312 g/mol. The quantitative estimate of drug-likeness (QED) is 0.140. The Morgan fingerprint density at radius 2 is 1.16 bits per heavy atom. The third-order valence-electron chi connectivity index (χ3n) is 4.56. The average Bonchev–Trinajstić information content (AvgIpc) is 2.60. The summed E-state index contributed by atoms with van der Waals surface area (Å²) >= 11 is 0. The van der Waals surface area contributed by atoms with Crippen molar-refractivity contribution in [1.82, 2.24) is 0 Å². The molecule has 2 atom stereocenters. The number of ether oxygens (including phenoxy) is 1. The predicted octanol–water partition coefficient (Wildman–Crippen LogP) is 6.38. The van der Waals surface area contributed by atoms with E-state index in [2.05, 4.69) is 27.0 Å². The standard InChI is InChI=1S/C22H38O3/c1-5-9-11-13-17-19(15-7-3)21(23)25-22(24)20(16-8-4)18-14-12-10-6-2/h5-6,19-20H,1-2,7-18H2,3-4H3. The van der Waals surface area contributed by atoms with Gasteiger partial charge in [-0.05, 0) is 51.4 Å². The Hall–Kier alpha value is -1.38. The van der Waals surface area contributed by atoms with E-state index in [-0.39, 0.29) is 23.8 Å². The van der Waals surface area contributed by atoms with Crippen molar-refractivity contribution >= 4 is 11.9 Å². The molecule has 0 radical (unpaired) electrons. The van der Waals surface area contributed by atoms with Gasteiger partial charge in [0.15, 0.2) is 0 Å². The van der Waals surface area contributed by atoms with E-state index >= 15 is 0 Å². The van der Waals surface area contributed by atoms with Crippen LogP contribution in [-0.4, -0.2) is 11.9 Å². The fourth-order valence-corrected chi connectivity index (χ4v) is 3.08. The fraction of sp³-hybridized carbons (Fsp3) is 0.727. The van der Waals surface area contributed by atoms with Gasteiger partial charge in [0.1, 0.15) is 0 Å². The number of carbonyl (C=O) groups is 2. The SMILES string of the molecule is C=CCCCCC(CCC)C(=O)OC(=O)C(CCC)CCCCC=C. The number of esters is 2. The van der Waals surface area contributed by atoms with Crippen LogP contribution in [0.4, 0.5) is 0 Å². The second-order valence-electron chi connectivity index (χ2n) is 6.86. The van der Waals surface area contributed by atoms with Gasteiger partial charge in [-0.25, -0.2) is 0 Å². The summed E-state index contributed by atoms with van der Waals surface area (Å²) in [5, 5.41) is 0. The Kier molecular flexibility index (Phi) is 15.2. The lowest BCUT2D eigenvalue weighted by Gasteiger charge is -2.18. The van der Waals surface area contributed by atoms with Crippen LogP contribution in [0.15, 0.2) is 25.3 Å². The highest BCUT2D eigenvalue weighted by Crippen LogP contribution is 2.21. The molecule has 0 aliphatic rings. The molecule has 0 fully saturated rings. The second-order valence-corrected chi connectivity index (χ2v) is 6.86. The zero-order valence-corrected chi connectivity index (χ0v) is 16.4. The number of unbranched alkanes of at least 4 members (excludes halogenated alkanes) is 4. The van der Waals surface area contributed by atoms with Crippen LogP contribution in [0.2, 0.25) is 0 Å². The molecule has 0 heterocycles. The van der Waals surface area contributed by atoms with E-state index in [4.69, 9.17) is 4.74 Å². The Labute approximate surface area is 154 Å². The maximum atomic E-state index is 12.4. The van der Waals surface area contributed by atoms with Gasteiger partial charge < -0.3 is 4.74 Å². The number of hydrogen-bond donors (Lipinski definition) is 0. The van der Waals surface area contributed by atoms with Gasteiger partial charge in [-0.3, -0.25) is 9.59 Å². The highest BCUT2D eigenvalue weighted by Gasteiger charge is 2.26. The van der Waals surface area contributed by atoms with Crippen molar-refractivity contribution in [2.45, 2.75) is 90.9 Å². The van der Waals surface area contributed by atoms with E-state index in [9.17, 15) is 9.59 Å². The molecule has 0 aromatic heterocycles. The molecule has 0 rings (SSSR count). The third kappa shape index (κ3) is 11.7. The molecule has 0 spiro atoms. The summed E-state index contributed by atoms with van der Waals surface area (Å²) in [6, 6.07) is 0. The minimum Gasteiger partial charge on any atom is -0.393 e. The predicted molar refractivity (Wildman–Crippen MR) is 105 cm³/mol. The van der Waals surface area contributed by atoms with Gasteiger partial charge in [0.25, 0.3) is 0 Å². The molecule has 3 heteroatoms. The fourth-order valence-electron chi connectivity index (χ4n) is 3.08. The van der Waals surface area contributed by atoms with Gasteiger partial charge in [0, 0.05) is 0 Å². The summed E-state index contributed by atoms with van der Waals surface area (Å²) in [5.74, 6) is -0.945. The lowest BCUT2D eigenvalue weighted by molar-refractivity contribution is -0.166. The van der Waals surface area contributed by atoms with E-state index in [0.29, 0.717) is 0 Å². The molecule has 0 saturated heterocycles. The first kappa shape index (κ1) is 23.6. The second kappa shape index (κ2) is 16.1. The molecule has 0 aromatic rings. The number of rotatable bonds is 16. The van der Waals surface area contributed by atoms with Crippen LogP contribution in [-0.2, 0) is 14.3 Å². The normalized spacial score (nSPS) is 13.0. The van der Waals surface area contributed by atoms with E-state index in [1.54, 1.807) is 0 Å². The molecule has 25 heavy (non-hydrogen) atoms. The smallest absolute Gasteiger partial charge is 0.316 e. The molecule has 0 aromatic carbocycles. The van der Waals surface area contributed by atoms with Gasteiger partial charge in [0.2, 0.25) is 0 Å². The summed E-state index contributed by atoms with van der Waals surface area (Å²) < 4.78 is 5.28. The largest absolute Gasteiger partial charge is 0.393 e. The van der Waals surface area contributed by atoms with Crippen molar-refractivity contribution in [1.29, 1.82) is 0 Å². The minimum atomic E-state index is -0.322. The summed E-state index contributed by atoms with van der Waals surface area (Å²) in [7, 11) is 0. The number of carbonyl (C=O) groups excluding carboxylic acids is 2. The highest BCUT2D eigenvalue weighted by molar-refractivity contribution is 5.87. The Bertz CT molecular complexity index is 351. The summed E-state index contributed by atoms with van der Waals surface area (Å²) in [6.45, 7) is 11.6. The lowest BCUT2D eigenvalue weighted by atomic mass is 9.95. The van der Waals surface area contributed by atoms with Crippen molar-refractivity contribution in [2.75, 3.05) is 0 Å². The van der Waals surface area contributed by atoms with Crippen LogP contribution < -0.4 is 0 Å². The number of hydrogen-bond acceptors (Lipinski definition) is 3. The van der Waals surface area contributed by atoms with Gasteiger partial charge in [-0.2, -0.15) is 0 Å². The van der Waals surface area contributed by atoms with Crippen molar-refractivity contribution in [3.63, 3.8) is 0 Å². The van der Waals surface area contributed by atoms with Crippen molar-refractivity contribution in [3.8, 4) is 0 Å². The van der Waals surface area contributed by atoms with E-state index in [1.165, 1.54) is 0 Å². The van der Waals surface area contributed by atoms with Crippen LogP contribution >= 0.6 is 0 Å². The lowest BCUT2D eigenvalue weighted by Crippen LogP contribution is -2.26. The van der Waals surface area contributed by atoms with Crippen molar-refractivity contribution < 1.29 is 14.3 Å². The molecule has 0 saturated carbocycles. The van der Waals surface area contributed by atoms with Crippen LogP contribution in [0, 0.1) is 11.8 Å². The van der Waals surface area contributed by atoms with Gasteiger partial charge in [-0.1, -0.05) is 51.7 Å². The summed E-state index contributed by atoms with van der Waals surface area (Å²) in [5.41, 5.74) is 0. The summed E-state index contributed by atoms with van der Waals surface area (Å²) in [6.07, 6.45) is 14.8. The molecule has 3 nitrogen and oxygen atoms in total. The molecule has 144 valence electrons. The molecule has 0 bridgehead atoms. The first-order valence-electron chi connectivity index (χ1n) is 10.1. The Morgan fingerprint density at radius 1 is 0.760 bits per heavy atom. The topological polar surface area (TPSA) is 43.4 Å². The van der Waals surface area contributed by atoms with E-state index < -0.39 is 0 Å². The zero-order valence-electron chi connectivity index (χ0n) is 16.4. The summed E-state index contributed by atoms with van der Waals surface area (Å²) in [4.78, 5) is 24.8. The molecule has 0 aliphatic heterocycles. The third-order valence-corrected chi connectivity index (χ3v) is 4.56. The molecular formula is C22H38O3. The molecule has 0 aliphatic carbocycles. The van der Waals surface area contributed by atoms with Crippen LogP contribution in [0.25, 0.3) is 0 Å². The van der Waals surface area contributed by atoms with Crippen LogP contribution in [0.3, 0.4) is 0 Å². The van der Waals surface area contributed by atoms with Crippen molar-refractivity contribution in [2.24, 2.45) is 11.8 Å². The maximum Gasteiger partial charge on any atom is 0.316 e. The zero-order chi connectivity index (χ0) is 18.9. The average molecular weight is 351 g/mol. The van der Waals surface area contributed by atoms with Gasteiger partial charge in [0.05, 0.1) is 11.8 Å². The van der Waals surface area contributed by atoms with E-state index in [0.717, 1.165) is 77.0 Å². The highest BCUT2D eigenvalue weighted by atomic mass is 16.6. The minimum absolute atomic E-state index is 0.151. The Morgan fingerprint density at radius 3 is 1.48 bits per heavy atom. The van der Waals surface area contributed by atoms with Crippen LogP contribution in [0.1, 0.15) is 90.9 Å². The monoisotopic (exact) mass is 350 g/mol. The number of allylic oxidation sites excluding steroid dienone is 2. The maximum absolute atomic E-state index is 12.4. The van der Waals surface area contributed by atoms with Gasteiger partial charge >= 0.3 is 11.9 Å². The molecule has 2 unspecified atom stereocenters. The van der Waals surface area contributed by atoms with Crippen LogP contribution in [0.5, 0.6) is 0 Å². The van der Waals surface area contributed by atoms with Gasteiger partial charge in [-0.15, -0.1) is 13.2 Å². The molecule has 0 amide bonds. The van der Waals surface area contributed by atoms with E-state index in [1.807, 2.05) is 12.2 Å².